The van der Waals surface area contributed by atoms with Crippen LogP contribution in [0.3, 0.4) is 0 Å². The zero-order valence-corrected chi connectivity index (χ0v) is 18.5. The molecular weight excluding hydrogens is 439 g/mol. The van der Waals surface area contributed by atoms with Crippen molar-refractivity contribution in [1.82, 2.24) is 5.09 Å². The number of carbonyl (C=O) groups excluding carboxylic acids is 1. The SMILES string of the molecule is CCCOC(=O)[C@H](C)NP(=O)(Cc1ccc2sc(C(=O)O)cc2c1)OCC(C)(F)F. The lowest BCUT2D eigenvalue weighted by molar-refractivity contribution is -0.145. The molecule has 0 aliphatic heterocycles. The number of thiophene rings is 1. The molecule has 1 heterocycles. The van der Waals surface area contributed by atoms with Gasteiger partial charge >= 0.3 is 11.9 Å². The number of halogens is 2. The Balaban J connectivity index is 2.25. The predicted molar refractivity (Wildman–Crippen MR) is 111 cm³/mol. The first-order chi connectivity index (χ1) is 13.9. The Morgan fingerprint density at radius 3 is 2.63 bits per heavy atom. The van der Waals surface area contributed by atoms with Crippen LogP contribution >= 0.6 is 18.9 Å². The second kappa shape index (κ2) is 9.96. The van der Waals surface area contributed by atoms with Crippen LogP contribution < -0.4 is 5.09 Å². The maximum Gasteiger partial charge on any atom is 0.345 e. The van der Waals surface area contributed by atoms with E-state index in [-0.39, 0.29) is 17.6 Å². The maximum atomic E-state index is 13.3. The molecule has 2 N–H and O–H groups in total. The molecule has 0 bridgehead atoms. The smallest absolute Gasteiger partial charge is 0.345 e. The standard InChI is InChI=1S/C19H24F2NO6PS/c1-4-7-27-18(25)12(2)22-29(26,28-11-19(3,20)21)10-13-5-6-15-14(8-13)9-16(30-15)17(23)24/h5-6,8-9,12H,4,7,10-11H2,1-3H3,(H,22,26)(H,23,24)/t12-,29?/m0/s1. The molecule has 2 aromatic rings. The van der Waals surface area contributed by atoms with E-state index in [0.29, 0.717) is 24.3 Å². The lowest BCUT2D eigenvalue weighted by Crippen LogP contribution is -2.35. The zero-order chi connectivity index (χ0) is 22.5. The number of ether oxygens (including phenoxy) is 1. The van der Waals surface area contributed by atoms with Gasteiger partial charge in [0.25, 0.3) is 13.4 Å². The van der Waals surface area contributed by atoms with Crippen LogP contribution in [0.1, 0.15) is 42.4 Å². The van der Waals surface area contributed by atoms with Gasteiger partial charge in [-0.2, -0.15) is 0 Å². The number of fused-ring (bicyclic) bond motifs is 1. The van der Waals surface area contributed by atoms with Crippen LogP contribution in [0, 0.1) is 0 Å². The largest absolute Gasteiger partial charge is 0.477 e. The molecule has 166 valence electrons. The van der Waals surface area contributed by atoms with Gasteiger partial charge in [-0.1, -0.05) is 13.0 Å². The normalized spacial score (nSPS) is 15.0. The van der Waals surface area contributed by atoms with Gasteiger partial charge in [0.2, 0.25) is 0 Å². The molecule has 0 radical (unpaired) electrons. The van der Waals surface area contributed by atoms with Crippen LogP contribution in [0.15, 0.2) is 24.3 Å². The van der Waals surface area contributed by atoms with Crippen molar-refractivity contribution in [2.24, 2.45) is 0 Å². The summed E-state index contributed by atoms with van der Waals surface area (Å²) in [5.41, 5.74) is 0.488. The van der Waals surface area contributed by atoms with E-state index in [1.807, 2.05) is 6.92 Å². The van der Waals surface area contributed by atoms with Gasteiger partial charge in [0.05, 0.1) is 12.8 Å². The molecule has 0 aliphatic rings. The average Bonchev–Trinajstić information content (AvgIpc) is 3.07. The van der Waals surface area contributed by atoms with Gasteiger partial charge in [0.15, 0.2) is 0 Å². The highest BCUT2D eigenvalue weighted by molar-refractivity contribution is 7.56. The lowest BCUT2D eigenvalue weighted by atomic mass is 10.2. The fraction of sp³-hybridized carbons (Fsp3) is 0.474. The Labute approximate surface area is 176 Å². The summed E-state index contributed by atoms with van der Waals surface area (Å²) in [5, 5.41) is 12.3. The monoisotopic (exact) mass is 463 g/mol. The Kier molecular flexibility index (Phi) is 8.10. The summed E-state index contributed by atoms with van der Waals surface area (Å²) in [7, 11) is -3.91. The number of carboxylic acid groups (broad SMARTS) is 1. The minimum atomic E-state index is -3.91. The van der Waals surface area contributed by atoms with Crippen molar-refractivity contribution >= 4 is 40.9 Å². The molecule has 0 saturated carbocycles. The average molecular weight is 463 g/mol. The summed E-state index contributed by atoms with van der Waals surface area (Å²) < 4.78 is 50.7. The number of nitrogens with one attached hydrogen (secondary N) is 1. The Hall–Kier alpha value is -1.87. The quantitative estimate of drug-likeness (QED) is 0.361. The summed E-state index contributed by atoms with van der Waals surface area (Å²) in [5.74, 6) is -4.93. The molecule has 11 heteroatoms. The molecule has 2 atom stereocenters. The number of alkyl halides is 2. The fourth-order valence-electron chi connectivity index (χ4n) is 2.56. The van der Waals surface area contributed by atoms with Gasteiger partial charge in [-0.25, -0.2) is 18.7 Å². The number of hydrogen-bond acceptors (Lipinski definition) is 6. The molecule has 0 aliphatic carbocycles. The van der Waals surface area contributed by atoms with Gasteiger partial charge in [-0.3, -0.25) is 9.36 Å². The molecule has 0 spiro atoms. The molecule has 1 unspecified atom stereocenters. The highest BCUT2D eigenvalue weighted by Crippen LogP contribution is 2.48. The fourth-order valence-corrected chi connectivity index (χ4v) is 5.51. The number of esters is 1. The van der Waals surface area contributed by atoms with Crippen LogP contribution in [-0.4, -0.2) is 42.2 Å². The molecule has 0 saturated heterocycles. The molecule has 0 amide bonds. The first kappa shape index (κ1) is 24.4. The lowest BCUT2D eigenvalue weighted by Gasteiger charge is -2.24. The van der Waals surface area contributed by atoms with Crippen molar-refractivity contribution in [2.75, 3.05) is 13.2 Å². The van der Waals surface area contributed by atoms with E-state index in [0.717, 1.165) is 16.0 Å². The number of benzene rings is 1. The molecule has 1 aromatic carbocycles. The molecule has 2 rings (SSSR count). The second-order valence-corrected chi connectivity index (χ2v) is 10.2. The molecular formula is C19H24F2NO6PS. The number of aromatic carboxylic acids is 1. The highest BCUT2D eigenvalue weighted by atomic mass is 32.1. The van der Waals surface area contributed by atoms with Crippen LogP contribution in [0.2, 0.25) is 0 Å². The van der Waals surface area contributed by atoms with Crippen molar-refractivity contribution in [1.29, 1.82) is 0 Å². The van der Waals surface area contributed by atoms with E-state index >= 15 is 0 Å². The van der Waals surface area contributed by atoms with Gasteiger partial charge in [0, 0.05) is 11.6 Å². The molecule has 0 fully saturated rings. The van der Waals surface area contributed by atoms with Crippen molar-refractivity contribution in [3.05, 3.63) is 34.7 Å². The van der Waals surface area contributed by atoms with Gasteiger partial charge in [0.1, 0.15) is 17.5 Å². The van der Waals surface area contributed by atoms with Crippen molar-refractivity contribution < 1.29 is 37.3 Å². The summed E-state index contributed by atoms with van der Waals surface area (Å²) in [6.07, 6.45) is 0.344. The first-order valence-electron chi connectivity index (χ1n) is 9.24. The van der Waals surface area contributed by atoms with Crippen molar-refractivity contribution in [3.63, 3.8) is 0 Å². The number of rotatable bonds is 11. The summed E-state index contributed by atoms with van der Waals surface area (Å²) in [6.45, 7) is 2.97. The Morgan fingerprint density at radius 1 is 1.33 bits per heavy atom. The Bertz CT molecular complexity index is 958. The zero-order valence-electron chi connectivity index (χ0n) is 16.8. The third kappa shape index (κ3) is 7.12. The van der Waals surface area contributed by atoms with E-state index in [1.54, 1.807) is 18.2 Å². The highest BCUT2D eigenvalue weighted by Gasteiger charge is 2.33. The van der Waals surface area contributed by atoms with Crippen molar-refractivity contribution in [2.45, 2.75) is 45.3 Å². The second-order valence-electron chi connectivity index (χ2n) is 6.98. The third-order valence-electron chi connectivity index (χ3n) is 3.90. The van der Waals surface area contributed by atoms with Gasteiger partial charge in [-0.15, -0.1) is 11.3 Å². The topological polar surface area (TPSA) is 102 Å². The van der Waals surface area contributed by atoms with E-state index in [4.69, 9.17) is 14.4 Å². The maximum absolute atomic E-state index is 13.3. The van der Waals surface area contributed by atoms with Crippen LogP contribution in [0.25, 0.3) is 10.1 Å². The summed E-state index contributed by atoms with van der Waals surface area (Å²) in [6, 6.07) is 5.36. The molecule has 1 aromatic heterocycles. The molecule has 7 nitrogen and oxygen atoms in total. The van der Waals surface area contributed by atoms with Crippen LogP contribution in [-0.2, 0) is 24.8 Å². The van der Waals surface area contributed by atoms with Crippen LogP contribution in [0.4, 0.5) is 8.78 Å². The van der Waals surface area contributed by atoms with E-state index in [1.165, 1.54) is 13.0 Å². The number of carboxylic acids is 1. The minimum absolute atomic E-state index is 0.151. The Morgan fingerprint density at radius 2 is 2.03 bits per heavy atom. The van der Waals surface area contributed by atoms with E-state index < -0.39 is 38.0 Å². The van der Waals surface area contributed by atoms with Crippen molar-refractivity contribution in [3.8, 4) is 0 Å². The number of carbonyl (C=O) groups is 2. The predicted octanol–water partition coefficient (Wildman–Crippen LogP) is 4.90. The van der Waals surface area contributed by atoms with E-state index in [9.17, 15) is 22.9 Å². The van der Waals surface area contributed by atoms with Crippen LogP contribution in [0.5, 0.6) is 0 Å². The number of hydrogen-bond donors (Lipinski definition) is 2. The minimum Gasteiger partial charge on any atom is -0.477 e. The van der Waals surface area contributed by atoms with Gasteiger partial charge in [-0.05, 0) is 42.5 Å². The summed E-state index contributed by atoms with van der Waals surface area (Å²) in [4.78, 5) is 23.3. The van der Waals surface area contributed by atoms with Gasteiger partial charge < -0.3 is 14.4 Å². The first-order valence-corrected chi connectivity index (χ1v) is 11.9. The third-order valence-corrected chi connectivity index (χ3v) is 7.11. The molecule has 30 heavy (non-hydrogen) atoms. The van der Waals surface area contributed by atoms with E-state index in [2.05, 4.69) is 5.09 Å². The summed E-state index contributed by atoms with van der Waals surface area (Å²) >= 11 is 1.09.